The zero-order valence-electron chi connectivity index (χ0n) is 6.67. The van der Waals surface area contributed by atoms with Gasteiger partial charge in [-0.05, 0) is 6.92 Å². The molecule has 0 spiro atoms. The maximum atomic E-state index is 12.5. The summed E-state index contributed by atoms with van der Waals surface area (Å²) < 4.78 is 12.5. The van der Waals surface area contributed by atoms with Crippen LogP contribution >= 0.6 is 0 Å². The molecule has 1 rings (SSSR count). The standard InChI is InChI=1S/C9H8FNO/c1-3-7-5-11-9(10)4-8(7)6(2)12/h3-5H,1H2,2H3. The number of halogens is 1. The van der Waals surface area contributed by atoms with E-state index in [9.17, 15) is 9.18 Å². The van der Waals surface area contributed by atoms with Crippen LogP contribution in [0.1, 0.15) is 22.8 Å². The molecule has 3 heteroatoms. The van der Waals surface area contributed by atoms with Crippen LogP contribution in [0.4, 0.5) is 4.39 Å². The van der Waals surface area contributed by atoms with E-state index in [1.807, 2.05) is 0 Å². The smallest absolute Gasteiger partial charge is 0.213 e. The van der Waals surface area contributed by atoms with E-state index in [1.54, 1.807) is 0 Å². The van der Waals surface area contributed by atoms with Gasteiger partial charge in [-0.2, -0.15) is 4.39 Å². The largest absolute Gasteiger partial charge is 0.294 e. The van der Waals surface area contributed by atoms with E-state index >= 15 is 0 Å². The first-order chi connectivity index (χ1) is 5.65. The van der Waals surface area contributed by atoms with Gasteiger partial charge in [0.2, 0.25) is 5.95 Å². The van der Waals surface area contributed by atoms with Crippen LogP contribution in [0.25, 0.3) is 6.08 Å². The molecule has 2 nitrogen and oxygen atoms in total. The summed E-state index contributed by atoms with van der Waals surface area (Å²) in [5, 5.41) is 0. The average Bonchev–Trinajstić information content (AvgIpc) is 2.04. The highest BCUT2D eigenvalue weighted by molar-refractivity contribution is 5.97. The number of rotatable bonds is 2. The van der Waals surface area contributed by atoms with Crippen molar-refractivity contribution in [3.05, 3.63) is 35.9 Å². The van der Waals surface area contributed by atoms with Crippen LogP contribution in [0.15, 0.2) is 18.8 Å². The number of aromatic nitrogens is 1. The summed E-state index contributed by atoms with van der Waals surface area (Å²) in [6.07, 6.45) is 2.77. The Morgan fingerprint density at radius 1 is 1.75 bits per heavy atom. The molecule has 0 amide bonds. The van der Waals surface area contributed by atoms with E-state index in [1.165, 1.54) is 19.2 Å². The van der Waals surface area contributed by atoms with Gasteiger partial charge in [-0.25, -0.2) is 4.98 Å². The van der Waals surface area contributed by atoms with Crippen LogP contribution < -0.4 is 0 Å². The topological polar surface area (TPSA) is 30.0 Å². The van der Waals surface area contributed by atoms with Gasteiger partial charge < -0.3 is 0 Å². The lowest BCUT2D eigenvalue weighted by atomic mass is 10.1. The molecular weight excluding hydrogens is 157 g/mol. The first kappa shape index (κ1) is 8.59. The number of nitrogens with zero attached hydrogens (tertiary/aromatic N) is 1. The molecule has 1 aromatic heterocycles. The summed E-state index contributed by atoms with van der Waals surface area (Å²) in [5.41, 5.74) is 0.876. The molecule has 0 aromatic carbocycles. The zero-order chi connectivity index (χ0) is 9.14. The van der Waals surface area contributed by atoms with Crippen LogP contribution in [0.5, 0.6) is 0 Å². The van der Waals surface area contributed by atoms with Crippen molar-refractivity contribution in [1.29, 1.82) is 0 Å². The minimum atomic E-state index is -0.647. The minimum Gasteiger partial charge on any atom is -0.294 e. The van der Waals surface area contributed by atoms with Crippen LogP contribution in [0.3, 0.4) is 0 Å². The fraction of sp³-hybridized carbons (Fsp3) is 0.111. The van der Waals surface area contributed by atoms with Gasteiger partial charge in [0.25, 0.3) is 0 Å². The molecule has 0 aliphatic rings. The van der Waals surface area contributed by atoms with Gasteiger partial charge in [0, 0.05) is 23.4 Å². The van der Waals surface area contributed by atoms with Gasteiger partial charge in [0.1, 0.15) is 0 Å². The van der Waals surface area contributed by atoms with Crippen LogP contribution in [0, 0.1) is 5.95 Å². The van der Waals surface area contributed by atoms with Gasteiger partial charge in [-0.1, -0.05) is 12.7 Å². The van der Waals surface area contributed by atoms with Crippen molar-refractivity contribution in [1.82, 2.24) is 4.98 Å². The van der Waals surface area contributed by atoms with E-state index in [0.717, 1.165) is 6.07 Å². The molecule has 0 N–H and O–H groups in total. The van der Waals surface area contributed by atoms with Crippen molar-refractivity contribution >= 4 is 11.9 Å². The number of hydrogen-bond donors (Lipinski definition) is 0. The number of Topliss-reactive ketones (excluding diaryl/α,β-unsaturated/α-hetero) is 1. The Hall–Kier alpha value is -1.51. The summed E-state index contributed by atoms with van der Waals surface area (Å²) in [4.78, 5) is 14.3. The maximum absolute atomic E-state index is 12.5. The third-order valence-electron chi connectivity index (χ3n) is 1.50. The van der Waals surface area contributed by atoms with Crippen molar-refractivity contribution in [2.45, 2.75) is 6.92 Å². The summed E-state index contributed by atoms with van der Waals surface area (Å²) >= 11 is 0. The van der Waals surface area contributed by atoms with Gasteiger partial charge in [-0.15, -0.1) is 0 Å². The van der Waals surface area contributed by atoms with Gasteiger partial charge in [-0.3, -0.25) is 4.79 Å². The Labute approximate surface area is 69.7 Å². The van der Waals surface area contributed by atoms with Crippen molar-refractivity contribution in [3.8, 4) is 0 Å². The van der Waals surface area contributed by atoms with Crippen molar-refractivity contribution in [2.75, 3.05) is 0 Å². The van der Waals surface area contributed by atoms with E-state index < -0.39 is 5.95 Å². The van der Waals surface area contributed by atoms with Gasteiger partial charge >= 0.3 is 0 Å². The Balaban J connectivity index is 3.30. The molecule has 0 bridgehead atoms. The van der Waals surface area contributed by atoms with Crippen molar-refractivity contribution < 1.29 is 9.18 Å². The second kappa shape index (κ2) is 3.26. The van der Waals surface area contributed by atoms with E-state index in [2.05, 4.69) is 11.6 Å². The third kappa shape index (κ3) is 1.56. The fourth-order valence-electron chi connectivity index (χ4n) is 0.908. The Morgan fingerprint density at radius 3 is 2.92 bits per heavy atom. The first-order valence-corrected chi connectivity index (χ1v) is 3.44. The number of ketones is 1. The molecule has 0 aliphatic heterocycles. The maximum Gasteiger partial charge on any atom is 0.213 e. The summed E-state index contributed by atoms with van der Waals surface area (Å²) in [6.45, 7) is 4.87. The minimum absolute atomic E-state index is 0.189. The van der Waals surface area contributed by atoms with Gasteiger partial charge in [0.05, 0.1) is 0 Å². The second-order valence-electron chi connectivity index (χ2n) is 2.35. The molecule has 0 aliphatic carbocycles. The molecule has 62 valence electrons. The summed E-state index contributed by atoms with van der Waals surface area (Å²) in [7, 11) is 0. The van der Waals surface area contributed by atoms with Crippen molar-refractivity contribution in [3.63, 3.8) is 0 Å². The molecule has 0 saturated carbocycles. The Bertz CT molecular complexity index is 333. The monoisotopic (exact) mass is 165 g/mol. The SMILES string of the molecule is C=Cc1cnc(F)cc1C(C)=O. The number of carbonyl (C=O) groups is 1. The molecule has 0 radical (unpaired) electrons. The van der Waals surface area contributed by atoms with Crippen LogP contribution in [0.2, 0.25) is 0 Å². The lowest BCUT2D eigenvalue weighted by molar-refractivity contribution is 0.101. The van der Waals surface area contributed by atoms with Crippen molar-refractivity contribution in [2.24, 2.45) is 0 Å². The number of pyridine rings is 1. The zero-order valence-corrected chi connectivity index (χ0v) is 6.67. The fourth-order valence-corrected chi connectivity index (χ4v) is 0.908. The predicted octanol–water partition coefficient (Wildman–Crippen LogP) is 2.07. The number of hydrogen-bond acceptors (Lipinski definition) is 2. The van der Waals surface area contributed by atoms with E-state index in [0.29, 0.717) is 11.1 Å². The summed E-state index contributed by atoms with van der Waals surface area (Å²) in [5.74, 6) is -0.836. The highest BCUT2D eigenvalue weighted by Crippen LogP contribution is 2.10. The predicted molar refractivity (Wildman–Crippen MR) is 44.3 cm³/mol. The van der Waals surface area contributed by atoms with E-state index in [-0.39, 0.29) is 5.78 Å². The quantitative estimate of drug-likeness (QED) is 0.496. The molecule has 1 heterocycles. The number of carbonyl (C=O) groups excluding carboxylic acids is 1. The molecule has 0 unspecified atom stereocenters. The highest BCUT2D eigenvalue weighted by atomic mass is 19.1. The molecule has 0 fully saturated rings. The summed E-state index contributed by atoms with van der Waals surface area (Å²) in [6, 6.07) is 1.11. The third-order valence-corrected chi connectivity index (χ3v) is 1.50. The first-order valence-electron chi connectivity index (χ1n) is 3.44. The molecule has 0 saturated heterocycles. The molecule has 12 heavy (non-hydrogen) atoms. The van der Waals surface area contributed by atoms with Crippen LogP contribution in [-0.4, -0.2) is 10.8 Å². The molecular formula is C9H8FNO. The van der Waals surface area contributed by atoms with Gasteiger partial charge in [0.15, 0.2) is 5.78 Å². The molecule has 1 aromatic rings. The lowest BCUT2D eigenvalue weighted by Gasteiger charge is -1.99. The second-order valence-corrected chi connectivity index (χ2v) is 2.35. The van der Waals surface area contributed by atoms with Crippen LogP contribution in [-0.2, 0) is 0 Å². The Kier molecular flexibility index (Phi) is 2.33. The normalized spacial score (nSPS) is 9.50. The van der Waals surface area contributed by atoms with E-state index in [4.69, 9.17) is 0 Å². The highest BCUT2D eigenvalue weighted by Gasteiger charge is 2.06. The lowest BCUT2D eigenvalue weighted by Crippen LogP contribution is -1.98. The average molecular weight is 165 g/mol. The molecule has 0 atom stereocenters. The Morgan fingerprint density at radius 2 is 2.42 bits per heavy atom.